The minimum absolute atomic E-state index is 0.0121. The number of esters is 2. The fourth-order valence-electron chi connectivity index (χ4n) is 3.68. The van der Waals surface area contributed by atoms with E-state index in [1.165, 1.54) is 53.6 Å². The van der Waals surface area contributed by atoms with E-state index in [1.54, 1.807) is 19.1 Å². The lowest BCUT2D eigenvalue weighted by molar-refractivity contribution is -0.385. The van der Waals surface area contributed by atoms with Gasteiger partial charge in [0.15, 0.2) is 12.4 Å². The van der Waals surface area contributed by atoms with Crippen molar-refractivity contribution in [3.05, 3.63) is 87.9 Å². The molecular weight excluding hydrogens is 472 g/mol. The normalized spacial score (nSPS) is 15.0. The van der Waals surface area contributed by atoms with E-state index in [2.05, 4.69) is 0 Å². The predicted octanol–water partition coefficient (Wildman–Crippen LogP) is 3.49. The predicted molar refractivity (Wildman–Crippen MR) is 124 cm³/mol. The number of ketones is 1. The second kappa shape index (κ2) is 10.2. The van der Waals surface area contributed by atoms with Crippen LogP contribution in [0, 0.1) is 23.0 Å². The van der Waals surface area contributed by atoms with Crippen LogP contribution in [0.2, 0.25) is 0 Å². The maximum Gasteiger partial charge on any atom is 0.379 e. The third-order valence-corrected chi connectivity index (χ3v) is 5.61. The van der Waals surface area contributed by atoms with Gasteiger partial charge >= 0.3 is 11.9 Å². The first-order chi connectivity index (χ1) is 17.2. The Morgan fingerprint density at radius 1 is 1.14 bits per heavy atom. The van der Waals surface area contributed by atoms with Crippen LogP contribution in [-0.4, -0.2) is 41.7 Å². The van der Waals surface area contributed by atoms with E-state index in [1.807, 2.05) is 0 Å². The summed E-state index contributed by atoms with van der Waals surface area (Å²) in [4.78, 5) is 61.2. The monoisotopic (exact) mass is 492 g/mol. The minimum atomic E-state index is -0.811. The molecule has 2 aromatic carbocycles. The molecular formula is C25H20N2O9. The Labute approximate surface area is 204 Å². The van der Waals surface area contributed by atoms with Crippen molar-refractivity contribution in [2.45, 2.75) is 13.3 Å². The Bertz CT molecular complexity index is 1330. The first-order valence-corrected chi connectivity index (χ1v) is 10.8. The highest BCUT2D eigenvalue weighted by Gasteiger charge is 2.37. The molecule has 1 aromatic heterocycles. The number of Topliss-reactive ketones (excluding diaryl/α,β-unsaturated/α-hetero) is 1. The fourth-order valence-corrected chi connectivity index (χ4v) is 3.68. The number of furan rings is 1. The van der Waals surface area contributed by atoms with Crippen molar-refractivity contribution in [2.24, 2.45) is 5.92 Å². The average Bonchev–Trinajstić information content (AvgIpc) is 3.53. The molecule has 0 saturated carbocycles. The molecule has 184 valence electrons. The zero-order valence-electron chi connectivity index (χ0n) is 19.0. The maximum atomic E-state index is 12.5. The molecule has 1 aliphatic rings. The fraction of sp³-hybridized carbons (Fsp3) is 0.200. The van der Waals surface area contributed by atoms with Crippen molar-refractivity contribution < 1.29 is 38.0 Å². The van der Waals surface area contributed by atoms with Crippen molar-refractivity contribution in [3.8, 4) is 5.75 Å². The number of ether oxygens (including phenoxy) is 2. The number of nitro groups is 1. The summed E-state index contributed by atoms with van der Waals surface area (Å²) in [6.45, 7) is 1.04. The molecule has 0 aliphatic carbocycles. The lowest BCUT2D eigenvalue weighted by Gasteiger charge is -2.16. The SMILES string of the molecule is Cc1ccc(N2C[C@H](C(=O)OCC(=O)c3ccc(OC(=O)c4ccco4)cc3)CC2=O)cc1[N+](=O)[O-]. The van der Waals surface area contributed by atoms with E-state index in [0.717, 1.165) is 0 Å². The van der Waals surface area contributed by atoms with Gasteiger partial charge in [-0.05, 0) is 49.4 Å². The Morgan fingerprint density at radius 3 is 2.56 bits per heavy atom. The molecule has 0 spiro atoms. The Kier molecular flexibility index (Phi) is 6.91. The zero-order chi connectivity index (χ0) is 25.8. The van der Waals surface area contributed by atoms with Gasteiger partial charge in [0.1, 0.15) is 5.75 Å². The zero-order valence-corrected chi connectivity index (χ0v) is 19.0. The number of amides is 1. The third kappa shape index (κ3) is 5.30. The van der Waals surface area contributed by atoms with Gasteiger partial charge in [0.2, 0.25) is 11.7 Å². The molecule has 1 saturated heterocycles. The lowest BCUT2D eigenvalue weighted by atomic mass is 10.1. The number of carbonyl (C=O) groups excluding carboxylic acids is 4. The van der Waals surface area contributed by atoms with E-state index in [0.29, 0.717) is 11.3 Å². The summed E-state index contributed by atoms with van der Waals surface area (Å²) in [5, 5.41) is 11.2. The summed E-state index contributed by atoms with van der Waals surface area (Å²) in [6.07, 6.45) is 1.21. The number of hydrogen-bond acceptors (Lipinski definition) is 9. The van der Waals surface area contributed by atoms with E-state index in [9.17, 15) is 29.3 Å². The first kappa shape index (κ1) is 24.3. The topological polar surface area (TPSA) is 146 Å². The standard InChI is InChI=1S/C25H20N2O9/c1-15-4-7-18(12-20(15)27(32)33)26-13-17(11-23(26)29)24(30)35-14-21(28)16-5-8-19(9-6-16)36-25(31)22-3-2-10-34-22/h2-10,12,17H,11,13-14H2,1H3/t17-/m1/s1. The van der Waals surface area contributed by atoms with Crippen LogP contribution in [0.5, 0.6) is 5.75 Å². The molecule has 0 N–H and O–H groups in total. The molecule has 0 radical (unpaired) electrons. The summed E-state index contributed by atoms with van der Waals surface area (Å²) in [5.74, 6) is -2.84. The van der Waals surface area contributed by atoms with Gasteiger partial charge in [0.05, 0.1) is 22.8 Å². The molecule has 36 heavy (non-hydrogen) atoms. The Hall–Kier alpha value is -4.80. The molecule has 2 heterocycles. The Balaban J connectivity index is 1.31. The first-order valence-electron chi connectivity index (χ1n) is 10.8. The van der Waals surface area contributed by atoms with Crippen LogP contribution in [-0.2, 0) is 14.3 Å². The van der Waals surface area contributed by atoms with E-state index in [4.69, 9.17) is 13.9 Å². The molecule has 11 nitrogen and oxygen atoms in total. The van der Waals surface area contributed by atoms with Crippen molar-refractivity contribution in [3.63, 3.8) is 0 Å². The molecule has 3 aromatic rings. The van der Waals surface area contributed by atoms with Crippen LogP contribution in [0.25, 0.3) is 0 Å². The minimum Gasteiger partial charge on any atom is -0.457 e. The van der Waals surface area contributed by atoms with Gasteiger partial charge in [-0.25, -0.2) is 4.79 Å². The highest BCUT2D eigenvalue weighted by Crippen LogP contribution is 2.30. The summed E-state index contributed by atoms with van der Waals surface area (Å²) < 4.78 is 15.2. The molecule has 1 atom stereocenters. The number of nitro benzene ring substituents is 1. The van der Waals surface area contributed by atoms with Gasteiger partial charge in [-0.3, -0.25) is 24.5 Å². The van der Waals surface area contributed by atoms with Gasteiger partial charge in [0.25, 0.3) is 5.69 Å². The van der Waals surface area contributed by atoms with Crippen LogP contribution >= 0.6 is 0 Å². The maximum absolute atomic E-state index is 12.5. The second-order valence-corrected chi connectivity index (χ2v) is 8.06. The van der Waals surface area contributed by atoms with Crippen LogP contribution in [0.1, 0.15) is 32.9 Å². The van der Waals surface area contributed by atoms with Gasteiger partial charge < -0.3 is 18.8 Å². The molecule has 4 rings (SSSR count). The number of nitrogens with zero attached hydrogens (tertiary/aromatic N) is 2. The van der Waals surface area contributed by atoms with Gasteiger partial charge in [-0.2, -0.15) is 0 Å². The summed E-state index contributed by atoms with van der Waals surface area (Å²) in [5.41, 5.74) is 0.875. The van der Waals surface area contributed by atoms with Crippen LogP contribution in [0.15, 0.2) is 65.3 Å². The van der Waals surface area contributed by atoms with Crippen LogP contribution in [0.3, 0.4) is 0 Å². The molecule has 1 fully saturated rings. The highest BCUT2D eigenvalue weighted by atomic mass is 16.6. The lowest BCUT2D eigenvalue weighted by Crippen LogP contribution is -2.27. The number of hydrogen-bond donors (Lipinski definition) is 0. The molecule has 1 amide bonds. The van der Waals surface area contributed by atoms with Crippen molar-refractivity contribution in [1.82, 2.24) is 0 Å². The molecule has 11 heteroatoms. The number of aryl methyl sites for hydroxylation is 1. The number of benzene rings is 2. The van der Waals surface area contributed by atoms with E-state index in [-0.39, 0.29) is 41.6 Å². The quantitative estimate of drug-likeness (QED) is 0.152. The summed E-state index contributed by atoms with van der Waals surface area (Å²) in [6, 6.07) is 13.1. The number of anilines is 1. The van der Waals surface area contributed by atoms with Gasteiger partial charge in [-0.1, -0.05) is 6.07 Å². The second-order valence-electron chi connectivity index (χ2n) is 8.06. The Morgan fingerprint density at radius 2 is 1.89 bits per heavy atom. The molecule has 0 unspecified atom stereocenters. The smallest absolute Gasteiger partial charge is 0.379 e. The average molecular weight is 492 g/mol. The largest absolute Gasteiger partial charge is 0.457 e. The summed E-state index contributed by atoms with van der Waals surface area (Å²) in [7, 11) is 0. The van der Waals surface area contributed by atoms with Crippen LogP contribution < -0.4 is 9.64 Å². The summed E-state index contributed by atoms with van der Waals surface area (Å²) >= 11 is 0. The van der Waals surface area contributed by atoms with Crippen LogP contribution in [0.4, 0.5) is 11.4 Å². The van der Waals surface area contributed by atoms with Crippen molar-refractivity contribution >= 4 is 35.0 Å². The molecule has 0 bridgehead atoms. The molecule has 1 aliphatic heterocycles. The van der Waals surface area contributed by atoms with Gasteiger partial charge in [0, 0.05) is 30.2 Å². The van der Waals surface area contributed by atoms with Gasteiger partial charge in [-0.15, -0.1) is 0 Å². The number of carbonyl (C=O) groups is 4. The van der Waals surface area contributed by atoms with Crippen molar-refractivity contribution in [2.75, 3.05) is 18.1 Å². The van der Waals surface area contributed by atoms with E-state index >= 15 is 0 Å². The highest BCUT2D eigenvalue weighted by molar-refractivity contribution is 6.01. The number of rotatable bonds is 8. The van der Waals surface area contributed by atoms with Crippen molar-refractivity contribution in [1.29, 1.82) is 0 Å². The third-order valence-electron chi connectivity index (χ3n) is 5.61. The van der Waals surface area contributed by atoms with E-state index < -0.39 is 35.2 Å².